The fourth-order valence-electron chi connectivity index (χ4n) is 2.46. The number of carbonyl (C=O) groups is 1. The van der Waals surface area contributed by atoms with Gasteiger partial charge in [-0.2, -0.15) is 0 Å². The average molecular weight is 279 g/mol. The molecule has 0 aliphatic heterocycles. The van der Waals surface area contributed by atoms with E-state index in [-0.39, 0.29) is 11.2 Å². The lowest BCUT2D eigenvalue weighted by Crippen LogP contribution is -2.30. The van der Waals surface area contributed by atoms with Gasteiger partial charge >= 0.3 is 0 Å². The number of ether oxygens (including phenoxy) is 1. The Morgan fingerprint density at radius 1 is 1.37 bits per heavy atom. The molecule has 0 saturated heterocycles. The Kier molecular flexibility index (Phi) is 4.65. The number of carbonyl (C=O) groups excluding carboxylic acids is 1. The third-order valence-corrected chi connectivity index (χ3v) is 4.30. The molecular formula is C16H19ClO2. The smallest absolute Gasteiger partial charge is 0.176 e. The van der Waals surface area contributed by atoms with Gasteiger partial charge in [-0.1, -0.05) is 25.5 Å². The third-order valence-electron chi connectivity index (χ3n) is 3.75. The second kappa shape index (κ2) is 6.25. The van der Waals surface area contributed by atoms with Crippen LogP contribution in [-0.2, 0) is 4.79 Å². The standard InChI is InChI=1S/C16H19ClO2/c1-3-12-6-7-13(16(18)15(12)17)10-11-4-8-14(19-2)9-5-11/h4-5,8-10,12,15H,3,6-7H2,1-2H3. The molecule has 0 amide bonds. The van der Waals surface area contributed by atoms with Crippen molar-refractivity contribution in [3.8, 4) is 5.75 Å². The molecule has 1 aliphatic rings. The summed E-state index contributed by atoms with van der Waals surface area (Å²) in [4.78, 5) is 12.2. The normalized spacial score (nSPS) is 25.6. The van der Waals surface area contributed by atoms with Gasteiger partial charge < -0.3 is 4.74 Å². The van der Waals surface area contributed by atoms with Crippen LogP contribution in [0.1, 0.15) is 31.7 Å². The average Bonchev–Trinajstić information content (AvgIpc) is 2.45. The van der Waals surface area contributed by atoms with E-state index in [1.165, 1.54) is 0 Å². The first-order valence-electron chi connectivity index (χ1n) is 6.68. The molecule has 0 heterocycles. The SMILES string of the molecule is CCC1CCC(=Cc2ccc(OC)cc2)C(=O)C1Cl. The Balaban J connectivity index is 2.16. The van der Waals surface area contributed by atoms with Crippen molar-refractivity contribution < 1.29 is 9.53 Å². The van der Waals surface area contributed by atoms with Crippen molar-refractivity contribution in [3.05, 3.63) is 35.4 Å². The van der Waals surface area contributed by atoms with Crippen LogP contribution in [0.2, 0.25) is 0 Å². The lowest BCUT2D eigenvalue weighted by Gasteiger charge is -2.26. The van der Waals surface area contributed by atoms with Gasteiger partial charge in [0.15, 0.2) is 5.78 Å². The summed E-state index contributed by atoms with van der Waals surface area (Å²) in [7, 11) is 1.64. The van der Waals surface area contributed by atoms with Gasteiger partial charge in [0, 0.05) is 0 Å². The molecule has 2 atom stereocenters. The number of allylic oxidation sites excluding steroid dienone is 1. The molecule has 0 bridgehead atoms. The molecule has 102 valence electrons. The maximum atomic E-state index is 12.2. The monoisotopic (exact) mass is 278 g/mol. The third kappa shape index (κ3) is 3.19. The highest BCUT2D eigenvalue weighted by Crippen LogP contribution is 2.32. The molecule has 1 fully saturated rings. The molecule has 2 rings (SSSR count). The summed E-state index contributed by atoms with van der Waals surface area (Å²) in [5, 5.41) is -0.358. The van der Waals surface area contributed by atoms with E-state index in [1.807, 2.05) is 30.3 Å². The molecule has 0 aromatic heterocycles. The first-order valence-corrected chi connectivity index (χ1v) is 7.12. The number of ketones is 1. The molecule has 1 aromatic carbocycles. The lowest BCUT2D eigenvalue weighted by atomic mass is 9.82. The van der Waals surface area contributed by atoms with E-state index in [0.29, 0.717) is 5.92 Å². The van der Waals surface area contributed by atoms with E-state index in [0.717, 1.165) is 36.1 Å². The van der Waals surface area contributed by atoms with Gasteiger partial charge in [0.05, 0.1) is 12.5 Å². The maximum Gasteiger partial charge on any atom is 0.176 e. The Morgan fingerprint density at radius 2 is 2.05 bits per heavy atom. The minimum absolute atomic E-state index is 0.0931. The van der Waals surface area contributed by atoms with E-state index in [9.17, 15) is 4.79 Å². The summed E-state index contributed by atoms with van der Waals surface area (Å²) < 4.78 is 5.12. The van der Waals surface area contributed by atoms with Crippen molar-refractivity contribution in [2.75, 3.05) is 7.11 Å². The molecule has 0 N–H and O–H groups in total. The first-order chi connectivity index (χ1) is 9.15. The van der Waals surface area contributed by atoms with Crippen molar-refractivity contribution in [1.29, 1.82) is 0 Å². The molecule has 1 aromatic rings. The highest BCUT2D eigenvalue weighted by molar-refractivity contribution is 6.34. The maximum absolute atomic E-state index is 12.2. The number of benzene rings is 1. The van der Waals surface area contributed by atoms with Gasteiger partial charge in [0.2, 0.25) is 0 Å². The fraction of sp³-hybridized carbons (Fsp3) is 0.438. The first kappa shape index (κ1) is 14.1. The van der Waals surface area contributed by atoms with Crippen molar-refractivity contribution in [2.45, 2.75) is 31.6 Å². The van der Waals surface area contributed by atoms with Gasteiger partial charge in [-0.15, -0.1) is 11.6 Å². The molecule has 0 spiro atoms. The van der Waals surface area contributed by atoms with Crippen LogP contribution < -0.4 is 4.74 Å². The summed E-state index contributed by atoms with van der Waals surface area (Å²) >= 11 is 6.23. The zero-order chi connectivity index (χ0) is 13.8. The van der Waals surface area contributed by atoms with Crippen molar-refractivity contribution in [1.82, 2.24) is 0 Å². The van der Waals surface area contributed by atoms with Crippen LogP contribution >= 0.6 is 11.6 Å². The largest absolute Gasteiger partial charge is 0.497 e. The topological polar surface area (TPSA) is 26.3 Å². The summed E-state index contributed by atoms with van der Waals surface area (Å²) in [6, 6.07) is 7.70. The van der Waals surface area contributed by atoms with E-state index >= 15 is 0 Å². The van der Waals surface area contributed by atoms with E-state index in [2.05, 4.69) is 6.92 Å². The van der Waals surface area contributed by atoms with Crippen LogP contribution in [-0.4, -0.2) is 18.3 Å². The zero-order valence-electron chi connectivity index (χ0n) is 11.4. The Hall–Kier alpha value is -1.28. The minimum atomic E-state index is -0.358. The van der Waals surface area contributed by atoms with E-state index in [4.69, 9.17) is 16.3 Å². The van der Waals surface area contributed by atoms with Crippen LogP contribution in [0, 0.1) is 5.92 Å². The quantitative estimate of drug-likeness (QED) is 0.615. The van der Waals surface area contributed by atoms with E-state index < -0.39 is 0 Å². The van der Waals surface area contributed by atoms with Gasteiger partial charge in [-0.3, -0.25) is 4.79 Å². The summed E-state index contributed by atoms with van der Waals surface area (Å²) in [6.45, 7) is 2.09. The van der Waals surface area contributed by atoms with Gasteiger partial charge in [-0.05, 0) is 48.1 Å². The molecule has 19 heavy (non-hydrogen) atoms. The van der Waals surface area contributed by atoms with E-state index in [1.54, 1.807) is 7.11 Å². The van der Waals surface area contributed by atoms with Gasteiger partial charge in [0.1, 0.15) is 5.75 Å². The summed E-state index contributed by atoms with van der Waals surface area (Å²) in [5.74, 6) is 1.23. The Morgan fingerprint density at radius 3 is 2.63 bits per heavy atom. The molecule has 1 aliphatic carbocycles. The number of methoxy groups -OCH3 is 1. The second-order valence-corrected chi connectivity index (χ2v) is 5.39. The van der Waals surface area contributed by atoms with Gasteiger partial charge in [-0.25, -0.2) is 0 Å². The summed E-state index contributed by atoms with van der Waals surface area (Å²) in [5.41, 5.74) is 1.86. The summed E-state index contributed by atoms with van der Waals surface area (Å²) in [6.07, 6.45) is 4.74. The van der Waals surface area contributed by atoms with Crippen LogP contribution in [0.25, 0.3) is 6.08 Å². The molecule has 2 unspecified atom stereocenters. The Labute approximate surface area is 119 Å². The zero-order valence-corrected chi connectivity index (χ0v) is 12.1. The molecule has 2 nitrogen and oxygen atoms in total. The highest BCUT2D eigenvalue weighted by Gasteiger charge is 2.31. The number of hydrogen-bond donors (Lipinski definition) is 0. The van der Waals surface area contributed by atoms with Crippen LogP contribution in [0.5, 0.6) is 5.75 Å². The number of alkyl halides is 1. The molecule has 0 radical (unpaired) electrons. The number of rotatable bonds is 3. The van der Waals surface area contributed by atoms with Crippen LogP contribution in [0.4, 0.5) is 0 Å². The number of halogens is 1. The van der Waals surface area contributed by atoms with Gasteiger partial charge in [0.25, 0.3) is 0 Å². The highest BCUT2D eigenvalue weighted by atomic mass is 35.5. The molecule has 3 heteroatoms. The number of hydrogen-bond acceptors (Lipinski definition) is 2. The second-order valence-electron chi connectivity index (χ2n) is 4.92. The molecular weight excluding hydrogens is 260 g/mol. The number of Topliss-reactive ketones (excluding diaryl/α,β-unsaturated/α-hetero) is 1. The van der Waals surface area contributed by atoms with Crippen LogP contribution in [0.15, 0.2) is 29.8 Å². The van der Waals surface area contributed by atoms with Crippen LogP contribution in [0.3, 0.4) is 0 Å². The fourth-order valence-corrected chi connectivity index (χ4v) is 2.90. The predicted molar refractivity (Wildman–Crippen MR) is 78.6 cm³/mol. The Bertz CT molecular complexity index is 476. The minimum Gasteiger partial charge on any atom is -0.497 e. The van der Waals surface area contributed by atoms with Crippen molar-refractivity contribution in [3.63, 3.8) is 0 Å². The predicted octanol–water partition coefficient (Wildman–Crippen LogP) is 4.08. The van der Waals surface area contributed by atoms with Crippen molar-refractivity contribution >= 4 is 23.5 Å². The van der Waals surface area contributed by atoms with Crippen molar-refractivity contribution in [2.24, 2.45) is 5.92 Å². The molecule has 1 saturated carbocycles. The lowest BCUT2D eigenvalue weighted by molar-refractivity contribution is -0.117.